The number of nitrogens with zero attached hydrogens (tertiary/aromatic N) is 2. The Morgan fingerprint density at radius 1 is 0.279 bits per heavy atom. The van der Waals surface area contributed by atoms with E-state index >= 15 is 0 Å². The molecule has 9 aromatic carbocycles. The van der Waals surface area contributed by atoms with Gasteiger partial charge in [-0.1, -0.05) is 162 Å². The predicted molar refractivity (Wildman–Crippen MR) is 256 cm³/mol. The summed E-state index contributed by atoms with van der Waals surface area (Å²) in [6, 6.07) is 77.4. The van der Waals surface area contributed by atoms with Gasteiger partial charge >= 0.3 is 0 Å². The van der Waals surface area contributed by atoms with Crippen molar-refractivity contribution in [1.29, 1.82) is 0 Å². The van der Waals surface area contributed by atoms with Crippen molar-refractivity contribution in [1.82, 2.24) is 0 Å². The van der Waals surface area contributed by atoms with E-state index in [-0.39, 0.29) is 0 Å². The van der Waals surface area contributed by atoms with Gasteiger partial charge in [0, 0.05) is 34.0 Å². The first-order chi connectivity index (χ1) is 29.9. The van der Waals surface area contributed by atoms with Crippen LogP contribution in [0.25, 0.3) is 33.4 Å². The minimum Gasteiger partial charge on any atom is -0.310 e. The maximum atomic E-state index is 2.50. The standard InChI is InChI=1S/C59H46N2/c1-39-20-28-43(29-21-39)60(44-30-22-40(2)23-31-44)47-36-37-51-49-13-6-5-12-48(49)50-14-7-9-16-53(50)59(56(51)38-47)54-17-10-8-15-52(54)58-55(59)18-11-19-57(58)61(45-32-24-41(3)25-33-45)46-34-26-42(4)27-35-46/h5-38H,1-4H3. The Labute approximate surface area is 359 Å². The first kappa shape index (κ1) is 36.6. The summed E-state index contributed by atoms with van der Waals surface area (Å²) >= 11 is 0. The van der Waals surface area contributed by atoms with Crippen molar-refractivity contribution in [3.63, 3.8) is 0 Å². The van der Waals surface area contributed by atoms with Gasteiger partial charge in [-0.25, -0.2) is 0 Å². The molecule has 0 bridgehead atoms. The number of hydrogen-bond acceptors (Lipinski definition) is 2. The first-order valence-electron chi connectivity index (χ1n) is 21.3. The second kappa shape index (κ2) is 14.4. The third-order valence-corrected chi connectivity index (χ3v) is 13.0. The van der Waals surface area contributed by atoms with Crippen LogP contribution in [0.1, 0.15) is 44.5 Å². The summed E-state index contributed by atoms with van der Waals surface area (Å²) < 4.78 is 0. The molecule has 0 fully saturated rings. The third kappa shape index (κ3) is 5.78. The molecule has 2 nitrogen and oxygen atoms in total. The Morgan fingerprint density at radius 3 is 1.16 bits per heavy atom. The molecule has 0 aromatic heterocycles. The molecule has 2 heteroatoms. The van der Waals surface area contributed by atoms with Gasteiger partial charge in [0.1, 0.15) is 0 Å². The average molecular weight is 783 g/mol. The summed E-state index contributed by atoms with van der Waals surface area (Å²) in [5.74, 6) is 0. The van der Waals surface area contributed by atoms with Gasteiger partial charge in [-0.3, -0.25) is 0 Å². The van der Waals surface area contributed by atoms with Gasteiger partial charge in [0.15, 0.2) is 0 Å². The summed E-state index contributed by atoms with van der Waals surface area (Å²) in [4.78, 5) is 4.88. The minimum absolute atomic E-state index is 0.665. The van der Waals surface area contributed by atoms with Crippen molar-refractivity contribution >= 4 is 34.1 Å². The highest BCUT2D eigenvalue weighted by molar-refractivity contribution is 6.02. The van der Waals surface area contributed by atoms with E-state index in [0.29, 0.717) is 0 Å². The molecule has 0 N–H and O–H groups in total. The van der Waals surface area contributed by atoms with Crippen molar-refractivity contribution in [3.05, 3.63) is 251 Å². The second-order valence-electron chi connectivity index (χ2n) is 16.8. The maximum Gasteiger partial charge on any atom is 0.0727 e. The number of anilines is 6. The summed E-state index contributed by atoms with van der Waals surface area (Å²) in [6.45, 7) is 8.63. The molecule has 11 rings (SSSR count). The number of benzene rings is 9. The molecule has 1 spiro atoms. The molecule has 2 aliphatic carbocycles. The molecule has 9 aromatic rings. The average Bonchev–Trinajstić information content (AvgIpc) is 3.55. The fourth-order valence-electron chi connectivity index (χ4n) is 10.1. The van der Waals surface area contributed by atoms with Crippen LogP contribution in [0.15, 0.2) is 206 Å². The number of hydrogen-bond donors (Lipinski definition) is 0. The van der Waals surface area contributed by atoms with Gasteiger partial charge in [-0.05, 0) is 144 Å². The molecule has 1 unspecified atom stereocenters. The summed E-state index contributed by atoms with van der Waals surface area (Å²) in [7, 11) is 0. The topological polar surface area (TPSA) is 6.48 Å². The van der Waals surface area contributed by atoms with Gasteiger partial charge < -0.3 is 9.80 Å². The Bertz CT molecular complexity index is 3010. The number of fused-ring (bicyclic) bond motifs is 12. The zero-order valence-corrected chi connectivity index (χ0v) is 35.0. The van der Waals surface area contributed by atoms with Crippen LogP contribution in [0.4, 0.5) is 34.1 Å². The SMILES string of the molecule is Cc1ccc(N(c2ccc(C)cc2)c2ccc3c(c2)C2(c4ccccc4-c4ccccc4-3)c3ccccc3-c3c(N(c4ccc(C)cc4)c4ccc(C)cc4)cccc32)cc1. The van der Waals surface area contributed by atoms with E-state index in [1.807, 2.05) is 0 Å². The Kier molecular flexibility index (Phi) is 8.65. The zero-order valence-electron chi connectivity index (χ0n) is 35.0. The van der Waals surface area contributed by atoms with Gasteiger partial charge in [-0.2, -0.15) is 0 Å². The molecule has 0 aliphatic heterocycles. The lowest BCUT2D eigenvalue weighted by Gasteiger charge is -2.37. The molecule has 0 saturated carbocycles. The summed E-state index contributed by atoms with van der Waals surface area (Å²) in [6.07, 6.45) is 0. The molecule has 2 aliphatic rings. The molecule has 0 heterocycles. The zero-order chi connectivity index (χ0) is 41.2. The fraction of sp³-hybridized carbons (Fsp3) is 0.0847. The molecule has 0 saturated heterocycles. The highest BCUT2D eigenvalue weighted by Gasteiger charge is 2.51. The van der Waals surface area contributed by atoms with Crippen LogP contribution in [-0.2, 0) is 5.41 Å². The molecule has 292 valence electrons. The molecule has 0 amide bonds. The van der Waals surface area contributed by atoms with Crippen molar-refractivity contribution in [2.24, 2.45) is 0 Å². The maximum absolute atomic E-state index is 2.50. The van der Waals surface area contributed by atoms with Crippen LogP contribution in [0, 0.1) is 27.7 Å². The highest BCUT2D eigenvalue weighted by Crippen LogP contribution is 2.64. The van der Waals surface area contributed by atoms with Gasteiger partial charge in [0.2, 0.25) is 0 Å². The molecule has 61 heavy (non-hydrogen) atoms. The summed E-state index contributed by atoms with van der Waals surface area (Å²) in [5, 5.41) is 0. The van der Waals surface area contributed by atoms with E-state index in [2.05, 4.69) is 244 Å². The van der Waals surface area contributed by atoms with E-state index < -0.39 is 5.41 Å². The Hall–Kier alpha value is -7.42. The van der Waals surface area contributed by atoms with E-state index in [0.717, 1.165) is 34.1 Å². The van der Waals surface area contributed by atoms with E-state index in [1.165, 1.54) is 77.9 Å². The van der Waals surface area contributed by atoms with Crippen LogP contribution < -0.4 is 9.80 Å². The normalized spacial score (nSPS) is 14.3. The van der Waals surface area contributed by atoms with Crippen molar-refractivity contribution < 1.29 is 0 Å². The quantitative estimate of drug-likeness (QED) is 0.166. The van der Waals surface area contributed by atoms with E-state index in [9.17, 15) is 0 Å². The minimum atomic E-state index is -0.665. The fourth-order valence-corrected chi connectivity index (χ4v) is 10.1. The van der Waals surface area contributed by atoms with Crippen molar-refractivity contribution in [3.8, 4) is 33.4 Å². The highest BCUT2D eigenvalue weighted by atomic mass is 15.1. The number of aryl methyl sites for hydroxylation is 4. The molecule has 1 atom stereocenters. The first-order valence-corrected chi connectivity index (χ1v) is 21.3. The van der Waals surface area contributed by atoms with Crippen LogP contribution in [0.2, 0.25) is 0 Å². The Morgan fingerprint density at radius 2 is 0.656 bits per heavy atom. The largest absolute Gasteiger partial charge is 0.310 e. The monoisotopic (exact) mass is 782 g/mol. The van der Waals surface area contributed by atoms with Crippen molar-refractivity contribution in [2.45, 2.75) is 33.1 Å². The Balaban J connectivity index is 1.26. The summed E-state index contributed by atoms with van der Waals surface area (Å²) in [5.41, 5.74) is 23.7. The lowest BCUT2D eigenvalue weighted by Crippen LogP contribution is -2.29. The van der Waals surface area contributed by atoms with Gasteiger partial charge in [0.05, 0.1) is 11.1 Å². The van der Waals surface area contributed by atoms with Crippen LogP contribution in [0.3, 0.4) is 0 Å². The van der Waals surface area contributed by atoms with E-state index in [1.54, 1.807) is 0 Å². The smallest absolute Gasteiger partial charge is 0.0727 e. The van der Waals surface area contributed by atoms with Gasteiger partial charge in [0.25, 0.3) is 0 Å². The van der Waals surface area contributed by atoms with Crippen molar-refractivity contribution in [2.75, 3.05) is 9.80 Å². The predicted octanol–water partition coefficient (Wildman–Crippen LogP) is 15.9. The third-order valence-electron chi connectivity index (χ3n) is 13.0. The molecule has 0 radical (unpaired) electrons. The van der Waals surface area contributed by atoms with Crippen LogP contribution in [-0.4, -0.2) is 0 Å². The van der Waals surface area contributed by atoms with Crippen LogP contribution in [0.5, 0.6) is 0 Å². The van der Waals surface area contributed by atoms with E-state index in [4.69, 9.17) is 0 Å². The van der Waals surface area contributed by atoms with Crippen LogP contribution >= 0.6 is 0 Å². The lowest BCUT2D eigenvalue weighted by molar-refractivity contribution is 0.775. The second-order valence-corrected chi connectivity index (χ2v) is 16.8. The van der Waals surface area contributed by atoms with Gasteiger partial charge in [-0.15, -0.1) is 0 Å². The lowest BCUT2D eigenvalue weighted by atomic mass is 9.65. The number of rotatable bonds is 6. The molecular weight excluding hydrogens is 737 g/mol. The molecular formula is C59H46N2.